The van der Waals surface area contributed by atoms with Gasteiger partial charge in [0.1, 0.15) is 12.4 Å². The Morgan fingerprint density at radius 3 is 2.52 bits per heavy atom. The van der Waals surface area contributed by atoms with Crippen LogP contribution in [0, 0.1) is 5.82 Å². The van der Waals surface area contributed by atoms with E-state index in [0.29, 0.717) is 38.0 Å². The number of halogens is 3. The maximum atomic E-state index is 13.5. The van der Waals surface area contributed by atoms with Crippen LogP contribution in [0.2, 0.25) is 10.0 Å². The number of anilines is 1. The SMILES string of the molecule is COc1cc(/C=C2/SC(=S)N(c3ccc(F)c(Cl)c3)C2=O)ccc1OCc1ccc(Cl)cc1. The smallest absolute Gasteiger partial charge is 0.270 e. The van der Waals surface area contributed by atoms with Crippen molar-refractivity contribution < 1.29 is 18.7 Å². The van der Waals surface area contributed by atoms with Crippen LogP contribution in [-0.4, -0.2) is 17.3 Å². The second-order valence-corrected chi connectivity index (χ2v) is 9.46. The third kappa shape index (κ3) is 5.33. The Labute approximate surface area is 209 Å². The van der Waals surface area contributed by atoms with Crippen molar-refractivity contribution >= 4 is 69.2 Å². The third-order valence-electron chi connectivity index (χ3n) is 4.75. The minimum absolute atomic E-state index is 0.0792. The fourth-order valence-electron chi connectivity index (χ4n) is 3.10. The first-order valence-corrected chi connectivity index (χ1v) is 11.6. The van der Waals surface area contributed by atoms with Crippen molar-refractivity contribution in [3.63, 3.8) is 0 Å². The molecule has 1 fully saturated rings. The molecule has 4 nitrogen and oxygen atoms in total. The van der Waals surface area contributed by atoms with Gasteiger partial charge in [-0.25, -0.2) is 4.39 Å². The lowest BCUT2D eigenvalue weighted by Gasteiger charge is -2.14. The summed E-state index contributed by atoms with van der Waals surface area (Å²) in [6.45, 7) is 0.353. The summed E-state index contributed by atoms with van der Waals surface area (Å²) in [7, 11) is 1.55. The van der Waals surface area contributed by atoms with Crippen LogP contribution >= 0.6 is 47.2 Å². The van der Waals surface area contributed by atoms with E-state index in [1.807, 2.05) is 18.2 Å². The molecule has 3 aromatic rings. The number of amides is 1. The predicted molar refractivity (Wildman–Crippen MR) is 136 cm³/mol. The third-order valence-corrected chi connectivity index (χ3v) is 6.59. The number of methoxy groups -OCH3 is 1. The molecule has 0 N–H and O–H groups in total. The Hall–Kier alpha value is -2.58. The highest BCUT2D eigenvalue weighted by Crippen LogP contribution is 2.38. The van der Waals surface area contributed by atoms with Gasteiger partial charge in [-0.15, -0.1) is 0 Å². The Bertz CT molecular complexity index is 1270. The summed E-state index contributed by atoms with van der Waals surface area (Å²) in [6.07, 6.45) is 1.72. The number of ether oxygens (including phenoxy) is 2. The van der Waals surface area contributed by atoms with Gasteiger partial charge < -0.3 is 9.47 Å². The standard InChI is InChI=1S/C24H16Cl2FNO3S2/c1-30-21-10-15(4-9-20(21)31-13-14-2-5-16(25)6-3-14)11-22-23(29)28(24(32)33-22)17-7-8-19(27)18(26)12-17/h2-12H,13H2,1H3/b22-11+. The molecule has 9 heteroatoms. The number of hydrogen-bond donors (Lipinski definition) is 0. The Morgan fingerprint density at radius 2 is 1.82 bits per heavy atom. The number of carbonyl (C=O) groups excluding carboxylic acids is 1. The summed E-state index contributed by atoms with van der Waals surface area (Å²) in [5.74, 6) is 0.221. The lowest BCUT2D eigenvalue weighted by molar-refractivity contribution is -0.113. The highest BCUT2D eigenvalue weighted by molar-refractivity contribution is 8.27. The van der Waals surface area contributed by atoms with Crippen LogP contribution in [0.25, 0.3) is 6.08 Å². The zero-order chi connectivity index (χ0) is 23.5. The van der Waals surface area contributed by atoms with Gasteiger partial charge in [0, 0.05) is 5.02 Å². The average Bonchev–Trinajstić information content (AvgIpc) is 3.08. The molecule has 1 saturated heterocycles. The second-order valence-electron chi connectivity index (χ2n) is 6.94. The fourth-order valence-corrected chi connectivity index (χ4v) is 4.70. The molecule has 0 aromatic heterocycles. The number of nitrogens with zero attached hydrogens (tertiary/aromatic N) is 1. The number of rotatable bonds is 6. The summed E-state index contributed by atoms with van der Waals surface area (Å²) in [6, 6.07) is 16.8. The van der Waals surface area contributed by atoms with Crippen molar-refractivity contribution in [1.82, 2.24) is 0 Å². The molecule has 3 aromatic carbocycles. The number of carbonyl (C=O) groups is 1. The van der Waals surface area contributed by atoms with Crippen LogP contribution in [0.1, 0.15) is 11.1 Å². The number of thiocarbonyl (C=S) groups is 1. The number of benzene rings is 3. The van der Waals surface area contributed by atoms with Crippen LogP contribution in [0.5, 0.6) is 11.5 Å². The molecule has 0 bridgehead atoms. The zero-order valence-corrected chi connectivity index (χ0v) is 20.3. The molecule has 1 heterocycles. The van der Waals surface area contributed by atoms with E-state index in [1.54, 1.807) is 37.5 Å². The number of thioether (sulfide) groups is 1. The molecular weight excluding hydrogens is 504 g/mol. The Balaban J connectivity index is 1.53. The van der Waals surface area contributed by atoms with E-state index in [0.717, 1.165) is 22.9 Å². The van der Waals surface area contributed by atoms with Crippen LogP contribution < -0.4 is 14.4 Å². The lowest BCUT2D eigenvalue weighted by atomic mass is 10.1. The lowest BCUT2D eigenvalue weighted by Crippen LogP contribution is -2.27. The summed E-state index contributed by atoms with van der Waals surface area (Å²) < 4.78 is 25.2. The van der Waals surface area contributed by atoms with Gasteiger partial charge in [-0.3, -0.25) is 9.69 Å². The zero-order valence-electron chi connectivity index (χ0n) is 17.2. The quantitative estimate of drug-likeness (QED) is 0.256. The van der Waals surface area contributed by atoms with E-state index in [1.165, 1.54) is 23.1 Å². The van der Waals surface area contributed by atoms with Crippen LogP contribution in [0.3, 0.4) is 0 Å². The highest BCUT2D eigenvalue weighted by atomic mass is 35.5. The van der Waals surface area contributed by atoms with E-state index in [4.69, 9.17) is 44.9 Å². The minimum Gasteiger partial charge on any atom is -0.493 e. The van der Waals surface area contributed by atoms with Crippen LogP contribution in [0.15, 0.2) is 65.6 Å². The van der Waals surface area contributed by atoms with E-state index in [9.17, 15) is 9.18 Å². The molecule has 1 aliphatic heterocycles. The van der Waals surface area contributed by atoms with Gasteiger partial charge in [0.15, 0.2) is 15.8 Å². The summed E-state index contributed by atoms with van der Waals surface area (Å²) in [4.78, 5) is 14.7. The van der Waals surface area contributed by atoms with Gasteiger partial charge in [0.2, 0.25) is 0 Å². The molecular formula is C24H16Cl2FNO3S2. The predicted octanol–water partition coefficient (Wildman–Crippen LogP) is 7.13. The van der Waals surface area contributed by atoms with Crippen LogP contribution in [-0.2, 0) is 11.4 Å². The summed E-state index contributed by atoms with van der Waals surface area (Å²) in [5.41, 5.74) is 2.12. The topological polar surface area (TPSA) is 38.8 Å². The highest BCUT2D eigenvalue weighted by Gasteiger charge is 2.33. The summed E-state index contributed by atoms with van der Waals surface area (Å²) in [5, 5.41) is 0.582. The molecule has 33 heavy (non-hydrogen) atoms. The molecule has 0 aliphatic carbocycles. The first-order chi connectivity index (χ1) is 15.9. The van der Waals surface area contributed by atoms with Gasteiger partial charge in [-0.05, 0) is 59.7 Å². The van der Waals surface area contributed by atoms with Gasteiger partial charge in [0.25, 0.3) is 5.91 Å². The molecule has 0 atom stereocenters. The maximum Gasteiger partial charge on any atom is 0.270 e. The van der Waals surface area contributed by atoms with Gasteiger partial charge in [-0.2, -0.15) is 0 Å². The van der Waals surface area contributed by atoms with Crippen molar-refractivity contribution in [2.75, 3.05) is 12.0 Å². The molecule has 168 valence electrons. The number of hydrogen-bond acceptors (Lipinski definition) is 5. The molecule has 1 aliphatic rings. The first kappa shape index (κ1) is 23.6. The molecule has 4 rings (SSSR count). The molecule has 0 saturated carbocycles. The monoisotopic (exact) mass is 519 g/mol. The normalized spacial score (nSPS) is 14.8. The van der Waals surface area contributed by atoms with E-state index < -0.39 is 5.82 Å². The van der Waals surface area contributed by atoms with E-state index in [2.05, 4.69) is 0 Å². The first-order valence-electron chi connectivity index (χ1n) is 9.64. The fraction of sp³-hybridized carbons (Fsp3) is 0.0833. The summed E-state index contributed by atoms with van der Waals surface area (Å²) >= 11 is 18.3. The maximum absolute atomic E-state index is 13.5. The van der Waals surface area contributed by atoms with Crippen molar-refractivity contribution in [2.45, 2.75) is 6.61 Å². The van der Waals surface area contributed by atoms with Gasteiger partial charge in [0.05, 0.1) is 22.7 Å². The van der Waals surface area contributed by atoms with E-state index >= 15 is 0 Å². The molecule has 0 spiro atoms. The van der Waals surface area contributed by atoms with Gasteiger partial charge >= 0.3 is 0 Å². The average molecular weight is 520 g/mol. The second kappa shape index (κ2) is 10.1. The molecule has 0 unspecified atom stereocenters. The molecule has 1 amide bonds. The van der Waals surface area contributed by atoms with Crippen molar-refractivity contribution in [3.8, 4) is 11.5 Å². The van der Waals surface area contributed by atoms with E-state index in [-0.39, 0.29) is 10.9 Å². The van der Waals surface area contributed by atoms with Gasteiger partial charge in [-0.1, -0.05) is 65.4 Å². The van der Waals surface area contributed by atoms with Crippen LogP contribution in [0.4, 0.5) is 10.1 Å². The van der Waals surface area contributed by atoms with Crippen molar-refractivity contribution in [1.29, 1.82) is 0 Å². The largest absolute Gasteiger partial charge is 0.493 e. The molecule has 0 radical (unpaired) electrons. The Morgan fingerprint density at radius 1 is 1.06 bits per heavy atom. The van der Waals surface area contributed by atoms with Crippen molar-refractivity contribution in [3.05, 3.63) is 92.6 Å². The van der Waals surface area contributed by atoms with Crippen molar-refractivity contribution in [2.24, 2.45) is 0 Å². The Kier molecular flexibility index (Phi) is 7.24. The minimum atomic E-state index is -0.563.